The van der Waals surface area contributed by atoms with E-state index in [9.17, 15) is 9.59 Å². The molecule has 1 heterocycles. The number of hydrogen-bond acceptors (Lipinski definition) is 3. The van der Waals surface area contributed by atoms with Crippen molar-refractivity contribution in [3.8, 4) is 0 Å². The summed E-state index contributed by atoms with van der Waals surface area (Å²) >= 11 is 5.97. The van der Waals surface area contributed by atoms with Gasteiger partial charge in [0.05, 0.1) is 11.6 Å². The molecule has 1 aliphatic rings. The average Bonchev–Trinajstić information content (AvgIpc) is 2.32. The molecule has 2 rings (SSSR count). The van der Waals surface area contributed by atoms with Crippen molar-refractivity contribution in [1.29, 1.82) is 0 Å². The van der Waals surface area contributed by atoms with Crippen LogP contribution in [0.2, 0.25) is 5.02 Å². The van der Waals surface area contributed by atoms with Crippen molar-refractivity contribution in [3.05, 3.63) is 34.9 Å². The van der Waals surface area contributed by atoms with Crippen LogP contribution in [-0.2, 0) is 4.79 Å². The van der Waals surface area contributed by atoms with Crippen LogP contribution in [0, 0.1) is 0 Å². The smallest absolute Gasteiger partial charge is 0.178 e. The molecule has 0 N–H and O–H groups in total. The van der Waals surface area contributed by atoms with Crippen LogP contribution in [0.5, 0.6) is 0 Å². The largest absolute Gasteiger partial charge is 0.300 e. The van der Waals surface area contributed by atoms with Crippen LogP contribution in [0.1, 0.15) is 23.2 Å². The van der Waals surface area contributed by atoms with Crippen LogP contribution >= 0.6 is 11.6 Å². The summed E-state index contributed by atoms with van der Waals surface area (Å²) in [4.78, 5) is 25.1. The third-order valence-electron chi connectivity index (χ3n) is 2.96. The molecule has 1 aromatic rings. The Balaban J connectivity index is 1.98. The summed E-state index contributed by atoms with van der Waals surface area (Å²) < 4.78 is 0. The van der Waals surface area contributed by atoms with Crippen molar-refractivity contribution in [2.24, 2.45) is 0 Å². The molecule has 3 nitrogen and oxygen atoms in total. The van der Waals surface area contributed by atoms with Crippen molar-refractivity contribution >= 4 is 23.2 Å². The van der Waals surface area contributed by atoms with Crippen molar-refractivity contribution < 1.29 is 9.59 Å². The van der Waals surface area contributed by atoms with E-state index in [1.54, 1.807) is 24.3 Å². The van der Waals surface area contributed by atoms with Gasteiger partial charge in [0.25, 0.3) is 0 Å². The van der Waals surface area contributed by atoms with Crippen molar-refractivity contribution in [3.63, 3.8) is 0 Å². The maximum atomic E-state index is 12.0. The number of likely N-dealkylation sites (tertiary alicyclic amines) is 1. The Kier molecular flexibility index (Phi) is 3.92. The highest BCUT2D eigenvalue weighted by molar-refractivity contribution is 6.34. The highest BCUT2D eigenvalue weighted by Crippen LogP contribution is 2.16. The fraction of sp³-hybridized carbons (Fsp3) is 0.385. The Labute approximate surface area is 105 Å². The molecule has 4 heteroatoms. The van der Waals surface area contributed by atoms with Crippen LogP contribution in [0.4, 0.5) is 0 Å². The van der Waals surface area contributed by atoms with Gasteiger partial charge in [-0.3, -0.25) is 14.5 Å². The van der Waals surface area contributed by atoms with Crippen LogP contribution in [-0.4, -0.2) is 36.1 Å². The zero-order valence-electron chi connectivity index (χ0n) is 9.49. The lowest BCUT2D eigenvalue weighted by atomic mass is 10.1. The van der Waals surface area contributed by atoms with Gasteiger partial charge in [0.2, 0.25) is 0 Å². The van der Waals surface area contributed by atoms with Gasteiger partial charge in [0, 0.05) is 31.5 Å². The normalized spacial score (nSPS) is 17.1. The number of ketones is 2. The Bertz CT molecular complexity index is 435. The summed E-state index contributed by atoms with van der Waals surface area (Å²) in [5, 5.41) is 0.491. The van der Waals surface area contributed by atoms with E-state index in [0.717, 1.165) is 0 Å². The molecule has 0 aromatic heterocycles. The molecule has 0 radical (unpaired) electrons. The lowest BCUT2D eigenvalue weighted by Crippen LogP contribution is -2.37. The molecular formula is C13H14ClNO2. The molecular weight excluding hydrogens is 238 g/mol. The van der Waals surface area contributed by atoms with Gasteiger partial charge in [0.15, 0.2) is 5.78 Å². The van der Waals surface area contributed by atoms with Gasteiger partial charge in [0.1, 0.15) is 5.78 Å². The maximum Gasteiger partial charge on any atom is 0.178 e. The Morgan fingerprint density at radius 3 is 2.53 bits per heavy atom. The number of rotatable bonds is 3. The van der Waals surface area contributed by atoms with Crippen molar-refractivity contribution in [2.45, 2.75) is 12.8 Å². The standard InChI is InChI=1S/C13H14ClNO2/c14-12-4-2-1-3-11(12)13(17)9-15-7-5-10(16)6-8-15/h1-4H,5-9H2. The zero-order chi connectivity index (χ0) is 12.3. The van der Waals surface area contributed by atoms with E-state index in [4.69, 9.17) is 11.6 Å². The summed E-state index contributed by atoms with van der Waals surface area (Å²) in [6.45, 7) is 1.70. The second-order valence-electron chi connectivity index (χ2n) is 4.22. The number of carbonyl (C=O) groups excluding carboxylic acids is 2. The van der Waals surface area contributed by atoms with E-state index < -0.39 is 0 Å². The monoisotopic (exact) mass is 251 g/mol. The van der Waals surface area contributed by atoms with E-state index >= 15 is 0 Å². The molecule has 0 amide bonds. The van der Waals surface area contributed by atoms with E-state index in [2.05, 4.69) is 0 Å². The van der Waals surface area contributed by atoms with Gasteiger partial charge < -0.3 is 0 Å². The fourth-order valence-electron chi connectivity index (χ4n) is 1.94. The Hall–Kier alpha value is -1.19. The summed E-state index contributed by atoms with van der Waals surface area (Å²) in [5.74, 6) is 0.302. The van der Waals surface area contributed by atoms with Gasteiger partial charge >= 0.3 is 0 Å². The van der Waals surface area contributed by atoms with Gasteiger partial charge in [-0.15, -0.1) is 0 Å². The SMILES string of the molecule is O=C1CCN(CC(=O)c2ccccc2Cl)CC1. The van der Waals surface area contributed by atoms with Gasteiger partial charge in [-0.05, 0) is 12.1 Å². The van der Waals surface area contributed by atoms with Gasteiger partial charge in [-0.2, -0.15) is 0 Å². The Morgan fingerprint density at radius 2 is 1.88 bits per heavy atom. The molecule has 1 fully saturated rings. The number of halogens is 1. The average molecular weight is 252 g/mol. The lowest BCUT2D eigenvalue weighted by molar-refractivity contribution is -0.121. The first-order chi connectivity index (χ1) is 8.16. The number of hydrogen-bond donors (Lipinski definition) is 0. The van der Waals surface area contributed by atoms with Crippen LogP contribution in [0.15, 0.2) is 24.3 Å². The van der Waals surface area contributed by atoms with Crippen LogP contribution in [0.25, 0.3) is 0 Å². The summed E-state index contributed by atoms with van der Waals surface area (Å²) in [5.41, 5.74) is 0.561. The predicted molar refractivity (Wildman–Crippen MR) is 66.5 cm³/mol. The minimum Gasteiger partial charge on any atom is -0.300 e. The molecule has 0 atom stereocenters. The molecule has 0 unspecified atom stereocenters. The molecule has 0 aliphatic carbocycles. The van der Waals surface area contributed by atoms with E-state index in [0.29, 0.717) is 43.1 Å². The first kappa shape index (κ1) is 12.3. The molecule has 0 saturated carbocycles. The minimum absolute atomic E-state index is 0.0185. The zero-order valence-corrected chi connectivity index (χ0v) is 10.2. The van der Waals surface area contributed by atoms with Crippen molar-refractivity contribution in [2.75, 3.05) is 19.6 Å². The first-order valence-corrected chi connectivity index (χ1v) is 6.06. The number of benzene rings is 1. The Morgan fingerprint density at radius 1 is 1.24 bits per heavy atom. The van der Waals surface area contributed by atoms with Gasteiger partial charge in [-0.25, -0.2) is 0 Å². The van der Waals surface area contributed by atoms with E-state index in [1.165, 1.54) is 0 Å². The topological polar surface area (TPSA) is 37.4 Å². The third-order valence-corrected chi connectivity index (χ3v) is 3.28. The third kappa shape index (κ3) is 3.14. The van der Waals surface area contributed by atoms with E-state index in [-0.39, 0.29) is 11.6 Å². The number of carbonyl (C=O) groups is 2. The van der Waals surface area contributed by atoms with Crippen molar-refractivity contribution in [1.82, 2.24) is 4.90 Å². The highest BCUT2D eigenvalue weighted by Gasteiger charge is 2.19. The quantitative estimate of drug-likeness (QED) is 0.773. The molecule has 90 valence electrons. The van der Waals surface area contributed by atoms with Crippen LogP contribution in [0.3, 0.4) is 0 Å². The molecule has 1 saturated heterocycles. The summed E-state index contributed by atoms with van der Waals surface area (Å²) in [6, 6.07) is 7.06. The molecule has 17 heavy (non-hydrogen) atoms. The molecule has 0 spiro atoms. The second-order valence-corrected chi connectivity index (χ2v) is 4.63. The minimum atomic E-state index is 0.0185. The molecule has 1 aliphatic heterocycles. The summed E-state index contributed by atoms with van der Waals surface area (Å²) in [7, 11) is 0. The predicted octanol–water partition coefficient (Wildman–Crippen LogP) is 2.19. The summed E-state index contributed by atoms with van der Waals surface area (Å²) in [6.07, 6.45) is 1.10. The molecule has 0 bridgehead atoms. The molecule has 1 aromatic carbocycles. The fourth-order valence-corrected chi connectivity index (χ4v) is 2.18. The van der Waals surface area contributed by atoms with E-state index in [1.807, 2.05) is 4.90 Å². The van der Waals surface area contributed by atoms with Gasteiger partial charge in [-0.1, -0.05) is 23.7 Å². The van der Waals surface area contributed by atoms with Crippen LogP contribution < -0.4 is 0 Å². The maximum absolute atomic E-state index is 12.0. The first-order valence-electron chi connectivity index (χ1n) is 5.68. The number of nitrogens with zero attached hydrogens (tertiary/aromatic N) is 1. The second kappa shape index (κ2) is 5.43. The number of piperidine rings is 1. The number of Topliss-reactive ketones (excluding diaryl/α,β-unsaturated/α-hetero) is 2. The highest BCUT2D eigenvalue weighted by atomic mass is 35.5. The lowest BCUT2D eigenvalue weighted by Gasteiger charge is -2.24.